The molecule has 1 aliphatic carbocycles. The van der Waals surface area contributed by atoms with Gasteiger partial charge in [-0.15, -0.1) is 0 Å². The zero-order valence-corrected chi connectivity index (χ0v) is 26.5. The SMILES string of the molecule is Cc1c2oc3c(C)ccc(C(=O)NCCCN4CCN(C)CC4)c3nc-2c(C(=O)NCCCN2CCN(C)CC2)c(N)c1=O. The fourth-order valence-corrected chi connectivity index (χ4v) is 5.94. The Morgan fingerprint density at radius 2 is 1.41 bits per heavy atom. The van der Waals surface area contributed by atoms with Gasteiger partial charge in [-0.1, -0.05) is 6.07 Å². The van der Waals surface area contributed by atoms with Gasteiger partial charge in [0.1, 0.15) is 11.2 Å². The van der Waals surface area contributed by atoms with Gasteiger partial charge in [0.05, 0.1) is 16.8 Å². The lowest BCUT2D eigenvalue weighted by atomic mass is 9.99. The maximum absolute atomic E-state index is 13.5. The summed E-state index contributed by atoms with van der Waals surface area (Å²) in [6.07, 6.45) is 1.60. The Balaban J connectivity index is 1.34. The molecule has 2 fully saturated rings. The molecule has 0 saturated carbocycles. The topological polar surface area (TPSA) is 140 Å². The average Bonchev–Trinajstić information content (AvgIpc) is 3.01. The maximum Gasteiger partial charge on any atom is 0.255 e. The molecule has 2 saturated heterocycles. The van der Waals surface area contributed by atoms with Crippen LogP contribution in [0.25, 0.3) is 22.6 Å². The zero-order chi connectivity index (χ0) is 31.4. The molecule has 5 rings (SSSR count). The summed E-state index contributed by atoms with van der Waals surface area (Å²) in [6, 6.07) is 3.52. The number of benzene rings is 2. The fourth-order valence-electron chi connectivity index (χ4n) is 5.94. The van der Waals surface area contributed by atoms with Crippen LogP contribution >= 0.6 is 0 Å². The van der Waals surface area contributed by atoms with Gasteiger partial charge in [-0.25, -0.2) is 4.98 Å². The number of piperazine rings is 2. The first kappa shape index (κ1) is 31.8. The molecule has 0 aromatic heterocycles. The van der Waals surface area contributed by atoms with Crippen molar-refractivity contribution in [1.29, 1.82) is 0 Å². The van der Waals surface area contributed by atoms with Crippen LogP contribution in [0.4, 0.5) is 5.69 Å². The third-order valence-corrected chi connectivity index (χ3v) is 8.94. The molecule has 44 heavy (non-hydrogen) atoms. The van der Waals surface area contributed by atoms with Crippen LogP contribution in [0.15, 0.2) is 21.3 Å². The number of carbonyl (C=O) groups excluding carboxylic acids is 2. The van der Waals surface area contributed by atoms with E-state index in [9.17, 15) is 14.4 Å². The molecule has 2 amide bonds. The van der Waals surface area contributed by atoms with Gasteiger partial charge in [0.15, 0.2) is 11.3 Å². The number of aryl methyl sites for hydroxylation is 1. The van der Waals surface area contributed by atoms with Gasteiger partial charge in [-0.2, -0.15) is 0 Å². The van der Waals surface area contributed by atoms with E-state index in [1.54, 1.807) is 19.1 Å². The third kappa shape index (κ3) is 7.04. The van der Waals surface area contributed by atoms with Crippen molar-refractivity contribution in [3.8, 4) is 11.5 Å². The van der Waals surface area contributed by atoms with Crippen LogP contribution in [0.3, 0.4) is 0 Å². The minimum atomic E-state index is -0.479. The molecule has 1 aromatic rings. The summed E-state index contributed by atoms with van der Waals surface area (Å²) in [6.45, 7) is 14.5. The van der Waals surface area contributed by atoms with Crippen LogP contribution in [0.2, 0.25) is 0 Å². The highest BCUT2D eigenvalue weighted by Crippen LogP contribution is 2.34. The smallest absolute Gasteiger partial charge is 0.255 e. The lowest BCUT2D eigenvalue weighted by molar-refractivity contribution is 0.0943. The number of rotatable bonds is 10. The monoisotopic (exact) mass is 606 g/mol. The van der Waals surface area contributed by atoms with E-state index in [-0.39, 0.29) is 34.2 Å². The number of nitrogen functional groups attached to an aromatic ring is 1. The second-order valence-corrected chi connectivity index (χ2v) is 12.3. The Kier molecular flexibility index (Phi) is 10.1. The molecule has 1 aromatic carbocycles. The van der Waals surface area contributed by atoms with Crippen LogP contribution < -0.4 is 21.8 Å². The van der Waals surface area contributed by atoms with Crippen molar-refractivity contribution in [2.24, 2.45) is 0 Å². The predicted octanol–water partition coefficient (Wildman–Crippen LogP) is 1.23. The molecule has 0 radical (unpaired) electrons. The highest BCUT2D eigenvalue weighted by atomic mass is 16.3. The summed E-state index contributed by atoms with van der Waals surface area (Å²) in [7, 11) is 4.25. The van der Waals surface area contributed by atoms with Gasteiger partial charge in [0.2, 0.25) is 5.43 Å². The molecular formula is C32H46N8O4. The molecule has 238 valence electrons. The van der Waals surface area contributed by atoms with Crippen molar-refractivity contribution in [2.75, 3.05) is 98.4 Å². The van der Waals surface area contributed by atoms with E-state index in [0.717, 1.165) is 83.9 Å². The molecule has 4 N–H and O–H groups in total. The second kappa shape index (κ2) is 14.0. The van der Waals surface area contributed by atoms with Gasteiger partial charge in [-0.3, -0.25) is 14.4 Å². The lowest BCUT2D eigenvalue weighted by Gasteiger charge is -2.32. The highest BCUT2D eigenvalue weighted by Gasteiger charge is 2.29. The normalized spacial score (nSPS) is 17.4. The Bertz CT molecular complexity index is 1520. The largest absolute Gasteiger partial charge is 0.452 e. The number of nitrogens with one attached hydrogen (secondary N) is 2. The number of likely N-dealkylation sites (N-methyl/N-ethyl adjacent to an activating group) is 2. The Morgan fingerprint density at radius 3 is 1.98 bits per heavy atom. The van der Waals surface area contributed by atoms with Crippen molar-refractivity contribution in [3.63, 3.8) is 0 Å². The van der Waals surface area contributed by atoms with Gasteiger partial charge in [0, 0.05) is 71.0 Å². The van der Waals surface area contributed by atoms with E-state index in [4.69, 9.17) is 15.1 Å². The number of nitrogens with two attached hydrogens (primary N) is 1. The summed E-state index contributed by atoms with van der Waals surface area (Å²) in [5, 5.41) is 5.95. The Morgan fingerprint density at radius 1 is 0.864 bits per heavy atom. The molecule has 4 aliphatic rings. The molecule has 0 atom stereocenters. The van der Waals surface area contributed by atoms with Gasteiger partial charge < -0.3 is 40.4 Å². The molecule has 0 bridgehead atoms. The second-order valence-electron chi connectivity index (χ2n) is 12.3. The van der Waals surface area contributed by atoms with E-state index in [1.807, 2.05) is 6.92 Å². The van der Waals surface area contributed by atoms with Gasteiger partial charge in [-0.05, 0) is 65.5 Å². The first-order valence-electron chi connectivity index (χ1n) is 15.7. The number of fused-ring (bicyclic) bond motifs is 2. The summed E-state index contributed by atoms with van der Waals surface area (Å²) in [4.78, 5) is 54.1. The summed E-state index contributed by atoms with van der Waals surface area (Å²) in [5.41, 5.74) is 7.90. The summed E-state index contributed by atoms with van der Waals surface area (Å²) < 4.78 is 6.25. The first-order chi connectivity index (χ1) is 21.1. The number of carbonyl (C=O) groups is 2. The van der Waals surface area contributed by atoms with Crippen LogP contribution in [0, 0.1) is 13.8 Å². The molecule has 0 unspecified atom stereocenters. The van der Waals surface area contributed by atoms with Crippen molar-refractivity contribution >= 4 is 28.6 Å². The van der Waals surface area contributed by atoms with Crippen LogP contribution in [0.1, 0.15) is 44.7 Å². The third-order valence-electron chi connectivity index (χ3n) is 8.94. The van der Waals surface area contributed by atoms with Crippen LogP contribution in [0.5, 0.6) is 0 Å². The quantitative estimate of drug-likeness (QED) is 0.175. The molecule has 3 aliphatic heterocycles. The Hall–Kier alpha value is -3.58. The number of amides is 2. The first-order valence-corrected chi connectivity index (χ1v) is 15.7. The van der Waals surface area contributed by atoms with Crippen LogP contribution in [-0.2, 0) is 0 Å². The van der Waals surface area contributed by atoms with Gasteiger partial charge >= 0.3 is 0 Å². The predicted molar refractivity (Wildman–Crippen MR) is 173 cm³/mol. The molecule has 12 heteroatoms. The van der Waals surface area contributed by atoms with E-state index in [2.05, 4.69) is 44.3 Å². The number of aromatic nitrogens is 1. The zero-order valence-electron chi connectivity index (χ0n) is 26.5. The average molecular weight is 607 g/mol. The van der Waals surface area contributed by atoms with E-state index < -0.39 is 11.3 Å². The van der Waals surface area contributed by atoms with E-state index in [0.29, 0.717) is 29.8 Å². The Labute approximate surface area is 258 Å². The molecule has 12 nitrogen and oxygen atoms in total. The fraction of sp³-hybridized carbons (Fsp3) is 0.562. The number of hydrogen-bond donors (Lipinski definition) is 3. The van der Waals surface area contributed by atoms with Crippen LogP contribution in [-0.4, -0.2) is 129 Å². The summed E-state index contributed by atoms with van der Waals surface area (Å²) in [5.74, 6) is -0.546. The molecule has 3 heterocycles. The van der Waals surface area contributed by atoms with Gasteiger partial charge in [0.25, 0.3) is 11.8 Å². The van der Waals surface area contributed by atoms with Crippen molar-refractivity contribution in [3.05, 3.63) is 44.6 Å². The number of hydrogen-bond acceptors (Lipinski definition) is 10. The van der Waals surface area contributed by atoms with Crippen molar-refractivity contribution in [1.82, 2.24) is 35.2 Å². The lowest BCUT2D eigenvalue weighted by Crippen LogP contribution is -2.45. The standard InChI is InChI=1S/C32H46N8O4/c1-21-7-8-23(31(42)34-9-5-11-39-17-13-37(3)14-18-39)26-29(21)44-30-22(2)28(41)25(33)24(27(30)36-26)32(43)35-10-6-12-40-19-15-38(4)16-20-40/h7-8H,5-6,9-20,33H2,1-4H3,(H,34,42)(H,35,43). The number of anilines is 1. The molecule has 0 spiro atoms. The minimum absolute atomic E-state index is 0.0131. The maximum atomic E-state index is 13.5. The minimum Gasteiger partial charge on any atom is -0.452 e. The van der Waals surface area contributed by atoms with E-state index >= 15 is 0 Å². The van der Waals surface area contributed by atoms with Crippen molar-refractivity contribution in [2.45, 2.75) is 26.7 Å². The van der Waals surface area contributed by atoms with Crippen molar-refractivity contribution < 1.29 is 14.0 Å². The van der Waals surface area contributed by atoms with E-state index in [1.165, 1.54) is 0 Å². The highest BCUT2D eigenvalue weighted by molar-refractivity contribution is 6.08. The molecular weight excluding hydrogens is 560 g/mol. The number of nitrogens with zero attached hydrogens (tertiary/aromatic N) is 5. The summed E-state index contributed by atoms with van der Waals surface area (Å²) >= 11 is 0.